The normalized spacial score (nSPS) is 11.3. The molecule has 3 aromatic rings. The lowest BCUT2D eigenvalue weighted by Gasteiger charge is -2.05. The number of nitrogens with two attached hydrogens (primary N) is 1. The zero-order valence-electron chi connectivity index (χ0n) is 11.9. The molecule has 0 spiro atoms. The number of nitrogens with zero attached hydrogens (tertiary/aromatic N) is 2. The van der Waals surface area contributed by atoms with E-state index in [1.807, 2.05) is 0 Å². The van der Waals surface area contributed by atoms with Crippen LogP contribution in [0.4, 0.5) is 14.5 Å². The lowest BCUT2D eigenvalue weighted by molar-refractivity contribution is 0.0827. The molecule has 0 bridgehead atoms. The van der Waals surface area contributed by atoms with Gasteiger partial charge in [-0.25, -0.2) is 13.8 Å². The highest BCUT2D eigenvalue weighted by Gasteiger charge is 2.12. The highest BCUT2D eigenvalue weighted by molar-refractivity contribution is 7.19. The predicted molar refractivity (Wildman–Crippen MR) is 85.3 cm³/mol. The van der Waals surface area contributed by atoms with Crippen molar-refractivity contribution in [2.75, 3.05) is 12.3 Å². The van der Waals surface area contributed by atoms with E-state index < -0.39 is 13.0 Å². The molecule has 0 aliphatic carbocycles. The summed E-state index contributed by atoms with van der Waals surface area (Å²) in [5.74, 6) is 0.367. The number of aromatic nitrogens is 2. The highest BCUT2D eigenvalue weighted by atomic mass is 32.1. The molecule has 2 aromatic heterocycles. The monoisotopic (exact) mass is 337 g/mol. The molecule has 0 radical (unpaired) electrons. The van der Waals surface area contributed by atoms with E-state index in [2.05, 4.69) is 4.98 Å². The number of hydrogen-bond acceptors (Lipinski definition) is 5. The van der Waals surface area contributed by atoms with Gasteiger partial charge >= 0.3 is 0 Å². The van der Waals surface area contributed by atoms with E-state index in [1.165, 1.54) is 22.0 Å². The van der Waals surface area contributed by atoms with E-state index in [1.54, 1.807) is 30.5 Å². The van der Waals surface area contributed by atoms with Crippen molar-refractivity contribution >= 4 is 27.2 Å². The van der Waals surface area contributed by atoms with Gasteiger partial charge in [0, 0.05) is 6.20 Å². The third kappa shape index (κ3) is 3.31. The van der Waals surface area contributed by atoms with E-state index in [0.29, 0.717) is 21.0 Å². The van der Waals surface area contributed by atoms with E-state index in [-0.39, 0.29) is 17.8 Å². The lowest BCUT2D eigenvalue weighted by Crippen LogP contribution is -2.22. The highest BCUT2D eigenvalue weighted by Crippen LogP contribution is 2.31. The van der Waals surface area contributed by atoms with Crippen LogP contribution in [0.2, 0.25) is 0 Å². The molecule has 2 N–H and O–H groups in total. The molecule has 0 aliphatic rings. The van der Waals surface area contributed by atoms with Crippen LogP contribution < -0.4 is 16.0 Å². The van der Waals surface area contributed by atoms with Gasteiger partial charge in [0.05, 0.1) is 22.4 Å². The second kappa shape index (κ2) is 6.33. The summed E-state index contributed by atoms with van der Waals surface area (Å²) in [4.78, 5) is 16.4. The van der Waals surface area contributed by atoms with Gasteiger partial charge in [-0.1, -0.05) is 6.07 Å². The number of fused-ring (bicyclic) bond motifs is 1. The number of hydrogen-bond donors (Lipinski definition) is 1. The maximum absolute atomic E-state index is 12.3. The minimum Gasteiger partial charge on any atom is -0.486 e. The third-order valence-electron chi connectivity index (χ3n) is 3.14. The summed E-state index contributed by atoms with van der Waals surface area (Å²) in [5, 5.41) is 0.667. The number of nitrogen functional groups attached to an aromatic ring is 1. The van der Waals surface area contributed by atoms with Gasteiger partial charge in [-0.3, -0.25) is 4.79 Å². The second-order valence-corrected chi connectivity index (χ2v) is 5.89. The molecule has 1 aromatic carbocycles. The summed E-state index contributed by atoms with van der Waals surface area (Å²) in [6, 6.07) is 8.31. The number of anilines is 1. The molecular weight excluding hydrogens is 324 g/mol. The Hall–Kier alpha value is -2.48. The van der Waals surface area contributed by atoms with Crippen LogP contribution in [0, 0.1) is 0 Å². The summed E-state index contributed by atoms with van der Waals surface area (Å²) in [5.41, 5.74) is 6.12. The molecule has 23 heavy (non-hydrogen) atoms. The minimum atomic E-state index is -2.54. The SMILES string of the molecule is Nc1cccn(Cc2nc3cccc(OCC(F)F)c3s2)c1=O. The first-order chi connectivity index (χ1) is 11.0. The van der Waals surface area contributed by atoms with E-state index in [0.717, 1.165) is 0 Å². The van der Waals surface area contributed by atoms with Gasteiger partial charge in [0.1, 0.15) is 17.4 Å². The van der Waals surface area contributed by atoms with Gasteiger partial charge in [0.25, 0.3) is 12.0 Å². The number of alkyl halides is 2. The molecule has 0 fully saturated rings. The average molecular weight is 337 g/mol. The van der Waals surface area contributed by atoms with Crippen LogP contribution >= 0.6 is 11.3 Å². The Morgan fingerprint density at radius 1 is 1.30 bits per heavy atom. The van der Waals surface area contributed by atoms with Crippen molar-refractivity contribution in [2.45, 2.75) is 13.0 Å². The number of benzene rings is 1. The summed E-state index contributed by atoms with van der Waals surface area (Å²) in [6.45, 7) is -0.404. The molecule has 8 heteroatoms. The number of rotatable bonds is 5. The zero-order chi connectivity index (χ0) is 16.4. The summed E-state index contributed by atoms with van der Waals surface area (Å²) in [6.07, 6.45) is -0.914. The minimum absolute atomic E-state index is 0.162. The number of thiazole rings is 1. The summed E-state index contributed by atoms with van der Waals surface area (Å²) >= 11 is 1.30. The fourth-order valence-corrected chi connectivity index (χ4v) is 3.16. The smallest absolute Gasteiger partial charge is 0.274 e. The molecule has 0 unspecified atom stereocenters. The number of ether oxygens (including phenoxy) is 1. The molecule has 3 rings (SSSR count). The Bertz CT molecular complexity index is 892. The quantitative estimate of drug-likeness (QED) is 0.777. The molecular formula is C15H13F2N3O2S. The van der Waals surface area contributed by atoms with Crippen LogP contribution in [0.1, 0.15) is 5.01 Å². The first-order valence-corrected chi connectivity index (χ1v) is 7.60. The Kier molecular flexibility index (Phi) is 4.24. The van der Waals surface area contributed by atoms with Crippen LogP contribution in [0.25, 0.3) is 10.2 Å². The molecule has 120 valence electrons. The number of pyridine rings is 1. The summed E-state index contributed by atoms with van der Waals surface area (Å²) in [7, 11) is 0. The van der Waals surface area contributed by atoms with Gasteiger partial charge in [0.15, 0.2) is 0 Å². The fourth-order valence-electron chi connectivity index (χ4n) is 2.13. The topological polar surface area (TPSA) is 70.1 Å². The van der Waals surface area contributed by atoms with Gasteiger partial charge in [-0.05, 0) is 24.3 Å². The van der Waals surface area contributed by atoms with Crippen molar-refractivity contribution in [3.8, 4) is 5.75 Å². The molecule has 0 atom stereocenters. The Morgan fingerprint density at radius 2 is 2.13 bits per heavy atom. The van der Waals surface area contributed by atoms with Crippen molar-refractivity contribution in [2.24, 2.45) is 0 Å². The first kappa shape index (κ1) is 15.4. The van der Waals surface area contributed by atoms with Crippen molar-refractivity contribution in [3.63, 3.8) is 0 Å². The molecule has 2 heterocycles. The number of halogens is 2. The van der Waals surface area contributed by atoms with Crippen LogP contribution in [0.5, 0.6) is 5.75 Å². The fraction of sp³-hybridized carbons (Fsp3) is 0.200. The molecule has 0 saturated heterocycles. The maximum atomic E-state index is 12.3. The average Bonchev–Trinajstić information content (AvgIpc) is 2.92. The van der Waals surface area contributed by atoms with E-state index in [4.69, 9.17) is 10.5 Å². The molecule has 5 nitrogen and oxygen atoms in total. The van der Waals surface area contributed by atoms with Gasteiger partial charge in [0.2, 0.25) is 0 Å². The van der Waals surface area contributed by atoms with E-state index >= 15 is 0 Å². The van der Waals surface area contributed by atoms with Crippen molar-refractivity contribution in [1.29, 1.82) is 0 Å². The standard InChI is InChI=1S/C15H13F2N3O2S/c16-12(17)8-22-11-5-1-4-10-14(11)23-13(19-10)7-20-6-2-3-9(18)15(20)21/h1-6,12H,7-8,18H2. The van der Waals surface area contributed by atoms with E-state index in [9.17, 15) is 13.6 Å². The Morgan fingerprint density at radius 3 is 2.91 bits per heavy atom. The maximum Gasteiger partial charge on any atom is 0.274 e. The Balaban J connectivity index is 1.92. The van der Waals surface area contributed by atoms with Crippen molar-refractivity contribution in [3.05, 3.63) is 51.9 Å². The van der Waals surface area contributed by atoms with Crippen LogP contribution in [0.3, 0.4) is 0 Å². The lowest BCUT2D eigenvalue weighted by atomic mass is 10.3. The van der Waals surface area contributed by atoms with Gasteiger partial charge in [-0.15, -0.1) is 11.3 Å². The molecule has 0 saturated carbocycles. The van der Waals surface area contributed by atoms with Gasteiger partial charge < -0.3 is 15.0 Å². The Labute approximate surface area is 134 Å². The zero-order valence-corrected chi connectivity index (χ0v) is 12.7. The first-order valence-electron chi connectivity index (χ1n) is 6.79. The van der Waals surface area contributed by atoms with Crippen LogP contribution in [0.15, 0.2) is 41.3 Å². The second-order valence-electron chi connectivity index (χ2n) is 4.81. The largest absolute Gasteiger partial charge is 0.486 e. The van der Waals surface area contributed by atoms with Gasteiger partial charge in [-0.2, -0.15) is 0 Å². The molecule has 0 amide bonds. The third-order valence-corrected chi connectivity index (χ3v) is 4.21. The van der Waals surface area contributed by atoms with Crippen molar-refractivity contribution < 1.29 is 13.5 Å². The van der Waals surface area contributed by atoms with Crippen LogP contribution in [-0.2, 0) is 6.54 Å². The predicted octanol–water partition coefficient (Wildman–Crippen LogP) is 2.73. The van der Waals surface area contributed by atoms with Crippen LogP contribution in [-0.4, -0.2) is 22.6 Å². The summed E-state index contributed by atoms with van der Waals surface area (Å²) < 4.78 is 31.9. The van der Waals surface area contributed by atoms with Crippen molar-refractivity contribution in [1.82, 2.24) is 9.55 Å². The molecule has 0 aliphatic heterocycles.